The standard InChI is InChI=1S/C34H52N4O10/c1-10-20(2)28(35-21(3)39)31(44)36-23(16-17-26(40)47-33(4,5)6)29(42)37-24(18-22-14-12-11-13-15-22)30(43)38-25(32(45)46)19-27(41)48-34(7,8)9/h11-15,20,23-25,28H,10,16-19H2,1-9H3,(H,35,39)(H,36,44)(H,37,42)(H,38,43)(H,45,46). The molecule has 0 fully saturated rings. The summed E-state index contributed by atoms with van der Waals surface area (Å²) in [5, 5.41) is 19.9. The maximum absolute atomic E-state index is 13.8. The van der Waals surface area contributed by atoms with Crippen molar-refractivity contribution in [1.82, 2.24) is 21.3 Å². The summed E-state index contributed by atoms with van der Waals surface area (Å²) in [4.78, 5) is 89.5. The predicted molar refractivity (Wildman–Crippen MR) is 176 cm³/mol. The lowest BCUT2D eigenvalue weighted by molar-refractivity contribution is -0.159. The third-order valence-corrected chi connectivity index (χ3v) is 6.87. The zero-order chi connectivity index (χ0) is 36.8. The van der Waals surface area contributed by atoms with Crippen molar-refractivity contribution in [3.63, 3.8) is 0 Å². The molecular formula is C34H52N4O10. The minimum Gasteiger partial charge on any atom is -0.480 e. The normalized spacial score (nSPS) is 14.6. The number of nitrogens with one attached hydrogen (secondary N) is 4. The Kier molecular flexibility index (Phi) is 16.2. The van der Waals surface area contributed by atoms with Crippen molar-refractivity contribution in [2.45, 2.75) is 130 Å². The number of hydrogen-bond acceptors (Lipinski definition) is 9. The number of aliphatic carboxylic acids is 1. The van der Waals surface area contributed by atoms with E-state index < -0.39 is 83.3 Å². The molecule has 5 atom stereocenters. The molecule has 14 heteroatoms. The van der Waals surface area contributed by atoms with Crippen molar-refractivity contribution in [2.24, 2.45) is 5.92 Å². The minimum atomic E-state index is -1.67. The van der Waals surface area contributed by atoms with Gasteiger partial charge in [0.05, 0.1) is 6.42 Å². The molecule has 1 aromatic carbocycles. The van der Waals surface area contributed by atoms with Crippen LogP contribution < -0.4 is 21.3 Å². The summed E-state index contributed by atoms with van der Waals surface area (Å²) in [7, 11) is 0. The molecule has 5 N–H and O–H groups in total. The Morgan fingerprint density at radius 2 is 1.23 bits per heavy atom. The van der Waals surface area contributed by atoms with Crippen LogP contribution in [-0.4, -0.2) is 82.0 Å². The van der Waals surface area contributed by atoms with Gasteiger partial charge in [-0.3, -0.25) is 28.8 Å². The molecule has 0 saturated heterocycles. The number of esters is 2. The highest BCUT2D eigenvalue weighted by molar-refractivity contribution is 5.95. The van der Waals surface area contributed by atoms with Crippen molar-refractivity contribution in [3.8, 4) is 0 Å². The van der Waals surface area contributed by atoms with E-state index in [0.29, 0.717) is 12.0 Å². The number of ether oxygens (including phenoxy) is 2. The Hall–Kier alpha value is -4.49. The van der Waals surface area contributed by atoms with E-state index in [1.807, 2.05) is 6.92 Å². The van der Waals surface area contributed by atoms with E-state index in [9.17, 15) is 38.7 Å². The summed E-state index contributed by atoms with van der Waals surface area (Å²) < 4.78 is 10.6. The smallest absolute Gasteiger partial charge is 0.326 e. The van der Waals surface area contributed by atoms with E-state index in [-0.39, 0.29) is 25.2 Å². The molecule has 0 spiro atoms. The lowest BCUT2D eigenvalue weighted by atomic mass is 9.97. The van der Waals surface area contributed by atoms with Gasteiger partial charge in [0, 0.05) is 19.8 Å². The van der Waals surface area contributed by atoms with Crippen LogP contribution in [0.25, 0.3) is 0 Å². The third kappa shape index (κ3) is 16.4. The van der Waals surface area contributed by atoms with Crippen molar-refractivity contribution in [1.29, 1.82) is 0 Å². The topological polar surface area (TPSA) is 206 Å². The molecular weight excluding hydrogens is 624 g/mol. The molecule has 0 heterocycles. The molecule has 0 aliphatic carbocycles. The van der Waals surface area contributed by atoms with Gasteiger partial charge in [0.15, 0.2) is 0 Å². The van der Waals surface area contributed by atoms with E-state index in [4.69, 9.17) is 9.47 Å². The summed E-state index contributed by atoms with van der Waals surface area (Å²) in [5.74, 6) is -6.14. The molecule has 5 unspecified atom stereocenters. The van der Waals surface area contributed by atoms with Gasteiger partial charge >= 0.3 is 17.9 Å². The molecule has 0 radical (unpaired) electrons. The fraction of sp³-hybridized carbons (Fsp3) is 0.618. The molecule has 1 aromatic rings. The molecule has 0 aliphatic rings. The number of benzene rings is 1. The largest absolute Gasteiger partial charge is 0.480 e. The fourth-order valence-corrected chi connectivity index (χ4v) is 4.46. The zero-order valence-corrected chi connectivity index (χ0v) is 29.4. The summed E-state index contributed by atoms with van der Waals surface area (Å²) in [5.41, 5.74) is -1.07. The second kappa shape index (κ2) is 18.7. The first kappa shape index (κ1) is 41.5. The Morgan fingerprint density at radius 3 is 1.73 bits per heavy atom. The Morgan fingerprint density at radius 1 is 0.729 bits per heavy atom. The van der Waals surface area contributed by atoms with Gasteiger partial charge in [-0.05, 0) is 59.4 Å². The highest BCUT2D eigenvalue weighted by Crippen LogP contribution is 2.14. The van der Waals surface area contributed by atoms with Crippen LogP contribution >= 0.6 is 0 Å². The average Bonchev–Trinajstić information content (AvgIpc) is 2.95. The number of carboxylic acids is 1. The minimum absolute atomic E-state index is 0.0781. The second-order valence-electron chi connectivity index (χ2n) is 13.7. The second-order valence-corrected chi connectivity index (χ2v) is 13.7. The number of hydrogen-bond donors (Lipinski definition) is 5. The van der Waals surface area contributed by atoms with Crippen LogP contribution in [0, 0.1) is 5.92 Å². The first-order valence-corrected chi connectivity index (χ1v) is 16.0. The first-order valence-electron chi connectivity index (χ1n) is 16.0. The SMILES string of the molecule is CCC(C)C(NC(C)=O)C(=O)NC(CCC(=O)OC(C)(C)C)C(=O)NC(Cc1ccccc1)C(=O)NC(CC(=O)OC(C)(C)C)C(=O)O. The van der Waals surface area contributed by atoms with Crippen molar-refractivity contribution < 1.29 is 48.1 Å². The Balaban J connectivity index is 3.38. The van der Waals surface area contributed by atoms with Crippen LogP contribution in [0.4, 0.5) is 0 Å². The van der Waals surface area contributed by atoms with Crippen molar-refractivity contribution >= 4 is 41.5 Å². The summed E-state index contributed by atoms with van der Waals surface area (Å²) >= 11 is 0. The lowest BCUT2D eigenvalue weighted by Gasteiger charge is -2.28. The fourth-order valence-electron chi connectivity index (χ4n) is 4.46. The molecule has 4 amide bonds. The van der Waals surface area contributed by atoms with Gasteiger partial charge in [0.25, 0.3) is 0 Å². The van der Waals surface area contributed by atoms with Crippen LogP contribution in [0.2, 0.25) is 0 Å². The van der Waals surface area contributed by atoms with Crippen LogP contribution in [-0.2, 0) is 49.5 Å². The van der Waals surface area contributed by atoms with E-state index in [1.165, 1.54) is 6.92 Å². The summed E-state index contributed by atoms with van der Waals surface area (Å²) in [6.07, 6.45) is -0.697. The van der Waals surface area contributed by atoms with E-state index in [1.54, 1.807) is 78.8 Å². The van der Waals surface area contributed by atoms with Gasteiger partial charge < -0.3 is 35.8 Å². The number of carbonyl (C=O) groups excluding carboxylic acids is 6. The van der Waals surface area contributed by atoms with Gasteiger partial charge in [0.1, 0.15) is 35.4 Å². The number of carboxylic acid groups (broad SMARTS) is 1. The molecule has 1 rings (SSSR count). The molecule has 0 bridgehead atoms. The number of rotatable bonds is 17. The lowest BCUT2D eigenvalue weighted by Crippen LogP contribution is -2.59. The Labute approximate surface area is 282 Å². The van der Waals surface area contributed by atoms with Crippen molar-refractivity contribution in [2.75, 3.05) is 0 Å². The molecule has 0 aliphatic heterocycles. The molecule has 0 saturated carbocycles. The van der Waals surface area contributed by atoms with E-state index in [0.717, 1.165) is 0 Å². The van der Waals surface area contributed by atoms with Crippen LogP contribution in [0.1, 0.15) is 93.6 Å². The maximum Gasteiger partial charge on any atom is 0.326 e. The van der Waals surface area contributed by atoms with Gasteiger partial charge in [-0.2, -0.15) is 0 Å². The molecule has 14 nitrogen and oxygen atoms in total. The predicted octanol–water partition coefficient (Wildman–Crippen LogP) is 2.17. The van der Waals surface area contributed by atoms with Gasteiger partial charge in [-0.25, -0.2) is 4.79 Å². The number of carbonyl (C=O) groups is 7. The molecule has 268 valence electrons. The summed E-state index contributed by atoms with van der Waals surface area (Å²) in [6.45, 7) is 14.7. The average molecular weight is 677 g/mol. The monoisotopic (exact) mass is 676 g/mol. The van der Waals surface area contributed by atoms with Crippen LogP contribution in [0.5, 0.6) is 0 Å². The van der Waals surface area contributed by atoms with Gasteiger partial charge in [-0.15, -0.1) is 0 Å². The van der Waals surface area contributed by atoms with Crippen LogP contribution in [0.3, 0.4) is 0 Å². The van der Waals surface area contributed by atoms with Crippen molar-refractivity contribution in [3.05, 3.63) is 35.9 Å². The summed E-state index contributed by atoms with van der Waals surface area (Å²) in [6, 6.07) is 3.22. The first-order chi connectivity index (χ1) is 22.1. The van der Waals surface area contributed by atoms with Gasteiger partial charge in [0.2, 0.25) is 23.6 Å². The highest BCUT2D eigenvalue weighted by Gasteiger charge is 2.34. The van der Waals surface area contributed by atoms with Crippen LogP contribution in [0.15, 0.2) is 30.3 Å². The Bertz CT molecular complexity index is 1290. The quantitative estimate of drug-likeness (QED) is 0.152. The zero-order valence-electron chi connectivity index (χ0n) is 29.4. The van der Waals surface area contributed by atoms with E-state index >= 15 is 0 Å². The third-order valence-electron chi connectivity index (χ3n) is 6.87. The molecule has 0 aromatic heterocycles. The van der Waals surface area contributed by atoms with Gasteiger partial charge in [-0.1, -0.05) is 50.6 Å². The number of amides is 4. The maximum atomic E-state index is 13.8. The highest BCUT2D eigenvalue weighted by atomic mass is 16.6. The van der Waals surface area contributed by atoms with E-state index in [2.05, 4.69) is 21.3 Å². The molecule has 48 heavy (non-hydrogen) atoms.